The van der Waals surface area contributed by atoms with Crippen molar-refractivity contribution in [3.05, 3.63) is 0 Å². The first kappa shape index (κ1) is 24.2. The molecule has 0 heterocycles. The summed E-state index contributed by atoms with van der Waals surface area (Å²) in [5.41, 5.74) is 5.35. The molecule has 0 aliphatic heterocycles. The third-order valence-corrected chi connectivity index (χ3v) is 4.62. The quantitative estimate of drug-likeness (QED) is 0.737. The molecule has 22 heavy (non-hydrogen) atoms. The van der Waals surface area contributed by atoms with Crippen LogP contribution in [0.3, 0.4) is 0 Å². The SMILES string of the molecule is CCCC(C)(N)C(=O)NCC(C1CCCCC1)N(C)C.Cl.Cl. The molecule has 1 saturated carbocycles. The fraction of sp³-hybridized carbons (Fsp3) is 0.938. The zero-order chi connectivity index (χ0) is 15.2. The Balaban J connectivity index is 0. The highest BCUT2D eigenvalue weighted by Crippen LogP contribution is 2.28. The van der Waals surface area contributed by atoms with Gasteiger partial charge < -0.3 is 16.0 Å². The van der Waals surface area contributed by atoms with Crippen LogP contribution in [0.2, 0.25) is 0 Å². The minimum atomic E-state index is -0.738. The number of hydrogen-bond acceptors (Lipinski definition) is 3. The lowest BCUT2D eigenvalue weighted by atomic mass is 9.83. The van der Waals surface area contributed by atoms with Crippen LogP contribution in [-0.2, 0) is 4.79 Å². The van der Waals surface area contributed by atoms with Crippen LogP contribution in [0.25, 0.3) is 0 Å². The molecule has 0 aromatic carbocycles. The Labute approximate surface area is 148 Å². The van der Waals surface area contributed by atoms with Crippen LogP contribution in [-0.4, -0.2) is 43.0 Å². The molecule has 0 spiro atoms. The number of nitrogens with zero attached hydrogens (tertiary/aromatic N) is 1. The molecule has 6 heteroatoms. The van der Waals surface area contributed by atoms with Crippen molar-refractivity contribution in [1.29, 1.82) is 0 Å². The maximum Gasteiger partial charge on any atom is 0.239 e. The molecule has 1 amide bonds. The highest BCUT2D eigenvalue weighted by atomic mass is 35.5. The number of nitrogens with one attached hydrogen (secondary N) is 1. The van der Waals surface area contributed by atoms with E-state index in [1.165, 1.54) is 32.1 Å². The third-order valence-electron chi connectivity index (χ3n) is 4.62. The van der Waals surface area contributed by atoms with Gasteiger partial charge in [-0.25, -0.2) is 0 Å². The zero-order valence-corrected chi connectivity index (χ0v) is 16.2. The van der Waals surface area contributed by atoms with Crippen LogP contribution in [0.1, 0.15) is 58.8 Å². The van der Waals surface area contributed by atoms with Crippen molar-refractivity contribution < 1.29 is 4.79 Å². The number of carbonyl (C=O) groups excluding carboxylic acids is 1. The van der Waals surface area contributed by atoms with Crippen molar-refractivity contribution in [1.82, 2.24) is 10.2 Å². The summed E-state index contributed by atoms with van der Waals surface area (Å²) in [7, 11) is 4.22. The maximum atomic E-state index is 12.2. The Morgan fingerprint density at radius 3 is 2.27 bits per heavy atom. The Morgan fingerprint density at radius 2 is 1.82 bits per heavy atom. The Hall–Kier alpha value is -0.0300. The Kier molecular flexibility index (Phi) is 12.7. The van der Waals surface area contributed by atoms with Crippen LogP contribution in [0, 0.1) is 5.92 Å². The van der Waals surface area contributed by atoms with Gasteiger partial charge in [0.05, 0.1) is 5.54 Å². The van der Waals surface area contributed by atoms with Gasteiger partial charge in [-0.3, -0.25) is 4.79 Å². The zero-order valence-electron chi connectivity index (χ0n) is 14.6. The highest BCUT2D eigenvalue weighted by molar-refractivity contribution is 5.86. The molecule has 1 aliphatic rings. The van der Waals surface area contributed by atoms with E-state index in [9.17, 15) is 4.79 Å². The number of nitrogens with two attached hydrogens (primary N) is 1. The third kappa shape index (κ3) is 7.49. The molecular weight excluding hydrogens is 321 g/mol. The van der Waals surface area contributed by atoms with E-state index in [1.54, 1.807) is 0 Å². The van der Waals surface area contributed by atoms with E-state index in [1.807, 2.05) is 6.92 Å². The van der Waals surface area contributed by atoms with Gasteiger partial charge in [0.25, 0.3) is 0 Å². The van der Waals surface area contributed by atoms with Gasteiger partial charge in [-0.1, -0.05) is 32.6 Å². The molecule has 0 bridgehead atoms. The lowest BCUT2D eigenvalue weighted by Crippen LogP contribution is -2.55. The van der Waals surface area contributed by atoms with E-state index in [4.69, 9.17) is 5.73 Å². The smallest absolute Gasteiger partial charge is 0.239 e. The van der Waals surface area contributed by atoms with Gasteiger partial charge in [0.1, 0.15) is 0 Å². The van der Waals surface area contributed by atoms with Crippen molar-refractivity contribution in [2.75, 3.05) is 20.6 Å². The number of carbonyl (C=O) groups is 1. The maximum absolute atomic E-state index is 12.2. The van der Waals surface area contributed by atoms with E-state index < -0.39 is 5.54 Å². The second kappa shape index (κ2) is 11.5. The van der Waals surface area contributed by atoms with E-state index in [0.29, 0.717) is 18.5 Å². The second-order valence-electron chi connectivity index (χ2n) is 6.81. The summed E-state index contributed by atoms with van der Waals surface area (Å²) in [5.74, 6) is 0.691. The second-order valence-corrected chi connectivity index (χ2v) is 6.81. The van der Waals surface area contributed by atoms with Crippen molar-refractivity contribution in [3.8, 4) is 0 Å². The van der Waals surface area contributed by atoms with E-state index in [2.05, 4.69) is 31.2 Å². The van der Waals surface area contributed by atoms with Gasteiger partial charge in [-0.2, -0.15) is 0 Å². The topological polar surface area (TPSA) is 58.4 Å². The number of halogens is 2. The molecule has 1 fully saturated rings. The van der Waals surface area contributed by atoms with Gasteiger partial charge in [-0.05, 0) is 46.2 Å². The standard InChI is InChI=1S/C16H33N3O.2ClH/c1-5-11-16(2,17)15(20)18-12-14(19(3)4)13-9-7-6-8-10-13;;/h13-14H,5-12,17H2,1-4H3,(H,18,20);2*1H. The molecule has 0 aromatic heterocycles. The Bertz CT molecular complexity index is 306. The fourth-order valence-corrected chi connectivity index (χ4v) is 3.32. The van der Waals surface area contributed by atoms with Crippen LogP contribution in [0.15, 0.2) is 0 Å². The van der Waals surface area contributed by atoms with Crippen molar-refractivity contribution in [3.63, 3.8) is 0 Å². The largest absolute Gasteiger partial charge is 0.353 e. The Morgan fingerprint density at radius 1 is 1.27 bits per heavy atom. The van der Waals surface area contributed by atoms with Gasteiger partial charge in [-0.15, -0.1) is 24.8 Å². The molecule has 0 saturated heterocycles. The summed E-state index contributed by atoms with van der Waals surface area (Å²) in [4.78, 5) is 14.5. The summed E-state index contributed by atoms with van der Waals surface area (Å²) in [6.45, 7) is 4.60. The molecular formula is C16H35Cl2N3O. The average Bonchev–Trinajstić information content (AvgIpc) is 2.39. The number of likely N-dealkylation sites (N-methyl/N-ethyl adjacent to an activating group) is 1. The minimum absolute atomic E-state index is 0. The van der Waals surface area contributed by atoms with Gasteiger partial charge in [0.2, 0.25) is 5.91 Å². The first-order chi connectivity index (χ1) is 9.38. The van der Waals surface area contributed by atoms with E-state index in [-0.39, 0.29) is 30.7 Å². The first-order valence-electron chi connectivity index (χ1n) is 8.12. The van der Waals surface area contributed by atoms with Gasteiger partial charge in [0, 0.05) is 12.6 Å². The summed E-state index contributed by atoms with van der Waals surface area (Å²) in [6, 6.07) is 0.427. The predicted octanol–water partition coefficient (Wildman–Crippen LogP) is 2.97. The van der Waals surface area contributed by atoms with E-state index >= 15 is 0 Å². The number of hydrogen-bond donors (Lipinski definition) is 2. The van der Waals surface area contributed by atoms with Crippen molar-refractivity contribution >= 4 is 30.7 Å². The normalized spacial score (nSPS) is 19.5. The number of amides is 1. The molecule has 2 atom stereocenters. The van der Waals surface area contributed by atoms with Crippen molar-refractivity contribution in [2.24, 2.45) is 11.7 Å². The predicted molar refractivity (Wildman–Crippen MR) is 99.1 cm³/mol. The molecule has 1 rings (SSSR count). The number of rotatable bonds is 7. The monoisotopic (exact) mass is 355 g/mol. The lowest BCUT2D eigenvalue weighted by molar-refractivity contribution is -0.126. The highest BCUT2D eigenvalue weighted by Gasteiger charge is 2.30. The summed E-state index contributed by atoms with van der Waals surface area (Å²) >= 11 is 0. The molecule has 0 aromatic rings. The average molecular weight is 356 g/mol. The summed E-state index contributed by atoms with van der Waals surface area (Å²) in [6.07, 6.45) is 8.25. The van der Waals surface area contributed by atoms with Crippen LogP contribution in [0.5, 0.6) is 0 Å². The molecule has 4 nitrogen and oxygen atoms in total. The molecule has 2 unspecified atom stereocenters. The fourth-order valence-electron chi connectivity index (χ4n) is 3.32. The van der Waals surface area contributed by atoms with E-state index in [0.717, 1.165) is 12.8 Å². The summed E-state index contributed by atoms with van der Waals surface area (Å²) in [5, 5.41) is 3.08. The minimum Gasteiger partial charge on any atom is -0.353 e. The first-order valence-corrected chi connectivity index (χ1v) is 8.12. The van der Waals surface area contributed by atoms with Gasteiger partial charge in [0.15, 0.2) is 0 Å². The lowest BCUT2D eigenvalue weighted by Gasteiger charge is -2.35. The summed E-state index contributed by atoms with van der Waals surface area (Å²) < 4.78 is 0. The van der Waals surface area contributed by atoms with Crippen LogP contribution < -0.4 is 11.1 Å². The molecule has 1 aliphatic carbocycles. The molecule has 3 N–H and O–H groups in total. The van der Waals surface area contributed by atoms with Gasteiger partial charge >= 0.3 is 0 Å². The van der Waals surface area contributed by atoms with Crippen LogP contribution in [0.4, 0.5) is 0 Å². The van der Waals surface area contributed by atoms with Crippen molar-refractivity contribution in [2.45, 2.75) is 70.4 Å². The molecule has 134 valence electrons. The molecule has 0 radical (unpaired) electrons. The van der Waals surface area contributed by atoms with Crippen LogP contribution >= 0.6 is 24.8 Å².